The summed E-state index contributed by atoms with van der Waals surface area (Å²) in [6.45, 7) is 2.49. The highest BCUT2D eigenvalue weighted by atomic mass is 32.1. The number of nitrogens with zero attached hydrogens (tertiary/aromatic N) is 3. The average molecular weight is 342 g/mol. The second-order valence-corrected chi connectivity index (χ2v) is 7.39. The first-order valence-corrected chi connectivity index (χ1v) is 9.52. The van der Waals surface area contributed by atoms with Crippen LogP contribution < -0.4 is 5.32 Å². The fraction of sp³-hybridized carbons (Fsp3) is 0.500. The second kappa shape index (κ2) is 6.89. The van der Waals surface area contributed by atoms with Crippen molar-refractivity contribution in [2.45, 2.75) is 44.6 Å². The molecule has 6 heteroatoms. The fourth-order valence-electron chi connectivity index (χ4n) is 3.04. The van der Waals surface area contributed by atoms with E-state index >= 15 is 0 Å². The first kappa shape index (κ1) is 15.6. The van der Waals surface area contributed by atoms with Gasteiger partial charge in [-0.15, -0.1) is 0 Å². The van der Waals surface area contributed by atoms with E-state index in [-0.39, 0.29) is 5.91 Å². The Kier molecular flexibility index (Phi) is 4.47. The van der Waals surface area contributed by atoms with Crippen LogP contribution in [-0.4, -0.2) is 33.3 Å². The van der Waals surface area contributed by atoms with Gasteiger partial charge in [-0.1, -0.05) is 12.1 Å². The predicted molar refractivity (Wildman–Crippen MR) is 95.4 cm³/mol. The quantitative estimate of drug-likeness (QED) is 0.901. The van der Waals surface area contributed by atoms with Crippen molar-refractivity contribution in [1.29, 1.82) is 0 Å². The Morgan fingerprint density at radius 2 is 1.92 bits per heavy atom. The van der Waals surface area contributed by atoms with Gasteiger partial charge in [0.2, 0.25) is 5.13 Å². The number of aromatic nitrogens is 2. The van der Waals surface area contributed by atoms with E-state index in [0.29, 0.717) is 12.5 Å². The first-order chi connectivity index (χ1) is 11.8. The van der Waals surface area contributed by atoms with Crippen molar-refractivity contribution in [3.05, 3.63) is 41.2 Å². The van der Waals surface area contributed by atoms with Gasteiger partial charge in [0.25, 0.3) is 5.91 Å². The number of likely N-dealkylation sites (tertiary alicyclic amines) is 1. The Bertz CT molecular complexity index is 702. The standard InChI is InChI=1S/C18H22N4OS/c23-17(22-10-2-1-3-11-22)15-6-4-13(5-7-15)12-19-18-20-16(21-24-18)14-8-9-14/h4-7,14H,1-3,8-12H2,(H,19,20,21). The Hall–Kier alpha value is -1.95. The van der Waals surface area contributed by atoms with Crippen molar-refractivity contribution < 1.29 is 4.79 Å². The molecule has 1 N–H and O–H groups in total. The van der Waals surface area contributed by atoms with Gasteiger partial charge < -0.3 is 10.2 Å². The van der Waals surface area contributed by atoms with Gasteiger partial charge in [0.1, 0.15) is 5.82 Å². The van der Waals surface area contributed by atoms with Crippen molar-refractivity contribution in [2.24, 2.45) is 0 Å². The van der Waals surface area contributed by atoms with Crippen LogP contribution in [0.5, 0.6) is 0 Å². The van der Waals surface area contributed by atoms with Crippen molar-refractivity contribution in [2.75, 3.05) is 18.4 Å². The number of hydrogen-bond donors (Lipinski definition) is 1. The summed E-state index contributed by atoms with van der Waals surface area (Å²) in [5, 5.41) is 4.21. The molecule has 0 radical (unpaired) electrons. The van der Waals surface area contributed by atoms with Gasteiger partial charge in [0.15, 0.2) is 0 Å². The molecule has 2 aliphatic rings. The third-order valence-electron chi connectivity index (χ3n) is 4.67. The van der Waals surface area contributed by atoms with Gasteiger partial charge in [-0.25, -0.2) is 4.98 Å². The largest absolute Gasteiger partial charge is 0.356 e. The fourth-order valence-corrected chi connectivity index (χ4v) is 3.68. The van der Waals surface area contributed by atoms with Crippen LogP contribution in [0.3, 0.4) is 0 Å². The number of piperidine rings is 1. The van der Waals surface area contributed by atoms with E-state index in [1.807, 2.05) is 29.2 Å². The highest BCUT2D eigenvalue weighted by molar-refractivity contribution is 7.09. The molecule has 2 aromatic rings. The molecule has 1 aromatic carbocycles. The minimum absolute atomic E-state index is 0.160. The lowest BCUT2D eigenvalue weighted by Crippen LogP contribution is -2.35. The van der Waals surface area contributed by atoms with Crippen LogP contribution in [0, 0.1) is 0 Å². The summed E-state index contributed by atoms with van der Waals surface area (Å²) in [5.74, 6) is 1.74. The lowest BCUT2D eigenvalue weighted by molar-refractivity contribution is 0.0724. The van der Waals surface area contributed by atoms with Gasteiger partial charge in [-0.3, -0.25) is 4.79 Å². The van der Waals surface area contributed by atoms with Crippen molar-refractivity contribution in [3.8, 4) is 0 Å². The zero-order valence-corrected chi connectivity index (χ0v) is 14.5. The molecule has 5 nitrogen and oxygen atoms in total. The summed E-state index contributed by atoms with van der Waals surface area (Å²) < 4.78 is 4.40. The minimum Gasteiger partial charge on any atom is -0.356 e. The van der Waals surface area contributed by atoms with E-state index in [1.54, 1.807) is 0 Å². The van der Waals surface area contributed by atoms with Gasteiger partial charge in [0.05, 0.1) is 0 Å². The first-order valence-electron chi connectivity index (χ1n) is 8.75. The van der Waals surface area contributed by atoms with Gasteiger partial charge >= 0.3 is 0 Å². The molecule has 1 saturated carbocycles. The van der Waals surface area contributed by atoms with Crippen LogP contribution in [-0.2, 0) is 6.54 Å². The predicted octanol–water partition coefficient (Wildman–Crippen LogP) is 3.65. The molecular weight excluding hydrogens is 320 g/mol. The molecule has 1 aliphatic carbocycles. The third-order valence-corrected chi connectivity index (χ3v) is 5.36. The number of nitrogens with one attached hydrogen (secondary N) is 1. The van der Waals surface area contributed by atoms with Crippen LogP contribution in [0.25, 0.3) is 0 Å². The monoisotopic (exact) mass is 342 g/mol. The normalized spacial score (nSPS) is 17.8. The molecule has 126 valence electrons. The molecule has 0 unspecified atom stereocenters. The molecule has 0 spiro atoms. The smallest absolute Gasteiger partial charge is 0.253 e. The average Bonchev–Trinajstić information content (AvgIpc) is 3.39. The molecule has 1 amide bonds. The summed E-state index contributed by atoms with van der Waals surface area (Å²) >= 11 is 1.43. The van der Waals surface area contributed by atoms with E-state index in [9.17, 15) is 4.79 Å². The zero-order valence-electron chi connectivity index (χ0n) is 13.7. The summed E-state index contributed by atoms with van der Waals surface area (Å²) in [4.78, 5) is 19.0. The van der Waals surface area contributed by atoms with Crippen LogP contribution >= 0.6 is 11.5 Å². The highest BCUT2D eigenvalue weighted by Gasteiger charge is 2.27. The summed E-state index contributed by atoms with van der Waals surface area (Å²) in [6, 6.07) is 7.91. The molecule has 4 rings (SSSR count). The molecule has 1 saturated heterocycles. The van der Waals surface area contributed by atoms with Gasteiger partial charge in [0, 0.05) is 42.6 Å². The molecule has 1 aromatic heterocycles. The Morgan fingerprint density at radius 1 is 1.17 bits per heavy atom. The summed E-state index contributed by atoms with van der Waals surface area (Å²) in [6.07, 6.45) is 5.94. The lowest BCUT2D eigenvalue weighted by atomic mass is 10.1. The molecule has 0 atom stereocenters. The topological polar surface area (TPSA) is 58.1 Å². The molecule has 24 heavy (non-hydrogen) atoms. The minimum atomic E-state index is 0.160. The third kappa shape index (κ3) is 3.59. The molecule has 2 heterocycles. The summed E-state index contributed by atoms with van der Waals surface area (Å²) in [5.41, 5.74) is 1.93. The maximum absolute atomic E-state index is 12.5. The lowest BCUT2D eigenvalue weighted by Gasteiger charge is -2.26. The zero-order chi connectivity index (χ0) is 16.4. The van der Waals surface area contributed by atoms with E-state index in [1.165, 1.54) is 30.8 Å². The molecule has 2 fully saturated rings. The number of benzene rings is 1. The maximum Gasteiger partial charge on any atom is 0.253 e. The Balaban J connectivity index is 1.33. The van der Waals surface area contributed by atoms with Crippen molar-refractivity contribution in [1.82, 2.24) is 14.3 Å². The SMILES string of the molecule is O=C(c1ccc(CNc2nc(C3CC3)ns2)cc1)N1CCCCC1. The van der Waals surface area contributed by atoms with Crippen LogP contribution in [0.2, 0.25) is 0 Å². The van der Waals surface area contributed by atoms with Crippen LogP contribution in [0.4, 0.5) is 5.13 Å². The van der Waals surface area contributed by atoms with E-state index in [2.05, 4.69) is 14.7 Å². The second-order valence-electron chi connectivity index (χ2n) is 6.64. The van der Waals surface area contributed by atoms with Crippen LogP contribution in [0.1, 0.15) is 59.8 Å². The highest BCUT2D eigenvalue weighted by Crippen LogP contribution is 2.39. The van der Waals surface area contributed by atoms with Crippen molar-refractivity contribution >= 4 is 22.6 Å². The number of anilines is 1. The molecular formula is C18H22N4OS. The van der Waals surface area contributed by atoms with Crippen LogP contribution in [0.15, 0.2) is 24.3 Å². The van der Waals surface area contributed by atoms with Gasteiger partial charge in [-0.2, -0.15) is 4.37 Å². The molecule has 1 aliphatic heterocycles. The number of amides is 1. The van der Waals surface area contributed by atoms with Crippen molar-refractivity contribution in [3.63, 3.8) is 0 Å². The summed E-state index contributed by atoms with van der Waals surface area (Å²) in [7, 11) is 0. The number of carbonyl (C=O) groups excluding carboxylic acids is 1. The Morgan fingerprint density at radius 3 is 2.62 bits per heavy atom. The number of rotatable bonds is 5. The number of hydrogen-bond acceptors (Lipinski definition) is 5. The van der Waals surface area contributed by atoms with E-state index < -0.39 is 0 Å². The number of carbonyl (C=O) groups is 1. The van der Waals surface area contributed by atoms with E-state index in [4.69, 9.17) is 0 Å². The van der Waals surface area contributed by atoms with Gasteiger partial charge in [-0.05, 0) is 49.8 Å². The Labute approximate surface area is 146 Å². The van der Waals surface area contributed by atoms with E-state index in [0.717, 1.165) is 48.0 Å². The maximum atomic E-state index is 12.5. The molecule has 0 bridgehead atoms.